The highest BCUT2D eigenvalue weighted by Crippen LogP contribution is 2.27. The van der Waals surface area contributed by atoms with Gasteiger partial charge in [0.1, 0.15) is 5.54 Å². The number of nitrogens with two attached hydrogens (primary N) is 1. The Bertz CT molecular complexity index is 230. The minimum Gasteiger partial charge on any atom is -0.465 e. The lowest BCUT2D eigenvalue weighted by atomic mass is 9.84. The molecule has 2 atom stereocenters. The van der Waals surface area contributed by atoms with E-state index in [1.807, 2.05) is 0 Å². The van der Waals surface area contributed by atoms with Gasteiger partial charge in [-0.25, -0.2) is 0 Å². The molecule has 0 saturated carbocycles. The van der Waals surface area contributed by atoms with E-state index in [4.69, 9.17) is 15.2 Å². The van der Waals surface area contributed by atoms with Crippen LogP contribution < -0.4 is 5.73 Å². The molecular weight excluding hydrogens is 194 g/mol. The molecule has 1 heterocycles. The molecule has 0 amide bonds. The van der Waals surface area contributed by atoms with Crippen LogP contribution in [0.1, 0.15) is 33.6 Å². The first-order valence-corrected chi connectivity index (χ1v) is 5.57. The van der Waals surface area contributed by atoms with Crippen LogP contribution in [0, 0.1) is 5.92 Å². The third-order valence-corrected chi connectivity index (χ3v) is 2.87. The topological polar surface area (TPSA) is 61.5 Å². The van der Waals surface area contributed by atoms with Crippen molar-refractivity contribution in [2.24, 2.45) is 11.7 Å². The van der Waals surface area contributed by atoms with Crippen molar-refractivity contribution in [2.75, 3.05) is 13.2 Å². The van der Waals surface area contributed by atoms with Gasteiger partial charge in [0.25, 0.3) is 0 Å². The number of rotatable bonds is 3. The van der Waals surface area contributed by atoms with Crippen LogP contribution in [0.15, 0.2) is 0 Å². The van der Waals surface area contributed by atoms with Gasteiger partial charge in [0, 0.05) is 13.0 Å². The second-order valence-corrected chi connectivity index (χ2v) is 4.48. The average molecular weight is 215 g/mol. The Labute approximate surface area is 91.1 Å². The van der Waals surface area contributed by atoms with Gasteiger partial charge in [-0.15, -0.1) is 0 Å². The molecular formula is C11H21NO3. The van der Waals surface area contributed by atoms with Crippen LogP contribution in [0.25, 0.3) is 0 Å². The standard InChI is InChI=1S/C11H21NO3/c1-4-14-10(13)11(12)5-6-15-9(7-11)8(2)3/h8-9H,4-7,12H2,1-3H3. The fourth-order valence-electron chi connectivity index (χ4n) is 1.80. The zero-order valence-corrected chi connectivity index (χ0v) is 9.79. The van der Waals surface area contributed by atoms with E-state index in [1.54, 1.807) is 6.92 Å². The second-order valence-electron chi connectivity index (χ2n) is 4.48. The molecule has 0 aromatic heterocycles. The Morgan fingerprint density at radius 2 is 2.33 bits per heavy atom. The molecule has 0 radical (unpaired) electrons. The van der Waals surface area contributed by atoms with Crippen LogP contribution in [0.3, 0.4) is 0 Å². The molecule has 0 aliphatic carbocycles. The second kappa shape index (κ2) is 4.94. The molecule has 1 aliphatic heterocycles. The average Bonchev–Trinajstić information content (AvgIpc) is 2.18. The van der Waals surface area contributed by atoms with Crippen LogP contribution in [0.5, 0.6) is 0 Å². The summed E-state index contributed by atoms with van der Waals surface area (Å²) in [4.78, 5) is 11.7. The minimum absolute atomic E-state index is 0.0631. The normalized spacial score (nSPS) is 31.7. The number of ether oxygens (including phenoxy) is 2. The highest BCUT2D eigenvalue weighted by molar-refractivity contribution is 5.80. The fraction of sp³-hybridized carbons (Fsp3) is 0.909. The van der Waals surface area contributed by atoms with Crippen molar-refractivity contribution in [2.45, 2.75) is 45.3 Å². The van der Waals surface area contributed by atoms with E-state index in [9.17, 15) is 4.79 Å². The van der Waals surface area contributed by atoms with Crippen LogP contribution in [0.2, 0.25) is 0 Å². The highest BCUT2D eigenvalue weighted by atomic mass is 16.5. The van der Waals surface area contributed by atoms with E-state index >= 15 is 0 Å². The van der Waals surface area contributed by atoms with Crippen molar-refractivity contribution < 1.29 is 14.3 Å². The number of hydrogen-bond acceptors (Lipinski definition) is 4. The summed E-state index contributed by atoms with van der Waals surface area (Å²) in [5.41, 5.74) is 5.22. The van der Waals surface area contributed by atoms with Gasteiger partial charge in [-0.1, -0.05) is 13.8 Å². The summed E-state index contributed by atoms with van der Waals surface area (Å²) in [6.45, 7) is 6.85. The molecule has 4 nitrogen and oxygen atoms in total. The summed E-state index contributed by atoms with van der Waals surface area (Å²) < 4.78 is 10.6. The maximum atomic E-state index is 11.7. The maximum absolute atomic E-state index is 11.7. The SMILES string of the molecule is CCOC(=O)C1(N)CCOC(C(C)C)C1. The molecule has 1 saturated heterocycles. The molecule has 0 aromatic carbocycles. The van der Waals surface area contributed by atoms with Crippen molar-refractivity contribution in [3.05, 3.63) is 0 Å². The lowest BCUT2D eigenvalue weighted by Gasteiger charge is -2.37. The summed E-state index contributed by atoms with van der Waals surface area (Å²) >= 11 is 0. The molecule has 88 valence electrons. The molecule has 0 aromatic rings. The van der Waals surface area contributed by atoms with E-state index in [-0.39, 0.29) is 12.1 Å². The van der Waals surface area contributed by atoms with Crippen molar-refractivity contribution in [1.29, 1.82) is 0 Å². The van der Waals surface area contributed by atoms with Crippen molar-refractivity contribution in [3.8, 4) is 0 Å². The van der Waals surface area contributed by atoms with E-state index in [1.165, 1.54) is 0 Å². The zero-order valence-electron chi connectivity index (χ0n) is 9.79. The summed E-state index contributed by atoms with van der Waals surface area (Å²) in [6.07, 6.45) is 1.17. The van der Waals surface area contributed by atoms with Crippen molar-refractivity contribution in [3.63, 3.8) is 0 Å². The minimum atomic E-state index is -0.844. The Kier molecular flexibility index (Phi) is 4.11. The van der Waals surface area contributed by atoms with Gasteiger partial charge in [0.05, 0.1) is 12.7 Å². The van der Waals surface area contributed by atoms with Crippen LogP contribution >= 0.6 is 0 Å². The lowest BCUT2D eigenvalue weighted by Crippen LogP contribution is -2.55. The molecule has 4 heteroatoms. The molecule has 1 aliphatic rings. The summed E-state index contributed by atoms with van der Waals surface area (Å²) in [5, 5.41) is 0. The molecule has 0 bridgehead atoms. The monoisotopic (exact) mass is 215 g/mol. The molecule has 15 heavy (non-hydrogen) atoms. The number of esters is 1. The fourth-order valence-corrected chi connectivity index (χ4v) is 1.80. The zero-order chi connectivity index (χ0) is 11.5. The molecule has 2 unspecified atom stereocenters. The number of carbonyl (C=O) groups is 1. The lowest BCUT2D eigenvalue weighted by molar-refractivity contribution is -0.157. The van der Waals surface area contributed by atoms with E-state index in [2.05, 4.69) is 13.8 Å². The summed E-state index contributed by atoms with van der Waals surface area (Å²) in [5.74, 6) is 0.0848. The summed E-state index contributed by atoms with van der Waals surface area (Å²) in [7, 11) is 0. The van der Waals surface area contributed by atoms with Gasteiger partial charge in [0.15, 0.2) is 0 Å². The molecule has 1 rings (SSSR count). The molecule has 0 spiro atoms. The number of carbonyl (C=O) groups excluding carboxylic acids is 1. The summed E-state index contributed by atoms with van der Waals surface area (Å²) in [6, 6.07) is 0. The van der Waals surface area contributed by atoms with Crippen LogP contribution in [-0.4, -0.2) is 30.8 Å². The van der Waals surface area contributed by atoms with Crippen molar-refractivity contribution in [1.82, 2.24) is 0 Å². The quantitative estimate of drug-likeness (QED) is 0.716. The highest BCUT2D eigenvalue weighted by Gasteiger charge is 2.41. The Hall–Kier alpha value is -0.610. The Morgan fingerprint density at radius 1 is 1.67 bits per heavy atom. The first kappa shape index (κ1) is 12.5. The van der Waals surface area contributed by atoms with Crippen LogP contribution in [0.4, 0.5) is 0 Å². The maximum Gasteiger partial charge on any atom is 0.326 e. The molecule has 2 N–H and O–H groups in total. The predicted octanol–water partition coefficient (Wildman–Crippen LogP) is 1.08. The van der Waals surface area contributed by atoms with Gasteiger partial charge in [-0.05, 0) is 19.3 Å². The first-order chi connectivity index (χ1) is 6.99. The molecule has 1 fully saturated rings. The van der Waals surface area contributed by atoms with E-state index in [0.717, 1.165) is 0 Å². The third kappa shape index (κ3) is 2.92. The van der Waals surface area contributed by atoms with Gasteiger partial charge in [0.2, 0.25) is 0 Å². The van der Waals surface area contributed by atoms with Gasteiger partial charge in [-0.3, -0.25) is 4.79 Å². The van der Waals surface area contributed by atoms with Crippen LogP contribution in [-0.2, 0) is 14.3 Å². The van der Waals surface area contributed by atoms with Crippen molar-refractivity contribution >= 4 is 5.97 Å². The first-order valence-electron chi connectivity index (χ1n) is 5.57. The predicted molar refractivity (Wildman–Crippen MR) is 57.4 cm³/mol. The van der Waals surface area contributed by atoms with E-state index in [0.29, 0.717) is 32.0 Å². The Balaban J connectivity index is 2.63. The van der Waals surface area contributed by atoms with Gasteiger partial charge < -0.3 is 15.2 Å². The van der Waals surface area contributed by atoms with E-state index < -0.39 is 5.54 Å². The Morgan fingerprint density at radius 3 is 2.87 bits per heavy atom. The van der Waals surface area contributed by atoms with Gasteiger partial charge in [-0.2, -0.15) is 0 Å². The largest absolute Gasteiger partial charge is 0.465 e. The smallest absolute Gasteiger partial charge is 0.326 e. The van der Waals surface area contributed by atoms with Gasteiger partial charge >= 0.3 is 5.97 Å². The number of hydrogen-bond donors (Lipinski definition) is 1. The third-order valence-electron chi connectivity index (χ3n) is 2.87.